The SMILES string of the molecule is CCOC(=O)[CH]C(=O)c1ccc(Br)cc1. The highest BCUT2D eigenvalue weighted by atomic mass is 79.9. The minimum atomic E-state index is -0.606. The molecule has 1 radical (unpaired) electrons. The van der Waals surface area contributed by atoms with Gasteiger partial charge in [-0.1, -0.05) is 28.1 Å². The van der Waals surface area contributed by atoms with E-state index in [-0.39, 0.29) is 12.4 Å². The van der Waals surface area contributed by atoms with Crippen LogP contribution in [-0.2, 0) is 9.53 Å². The van der Waals surface area contributed by atoms with Crippen molar-refractivity contribution in [2.24, 2.45) is 0 Å². The molecule has 1 aromatic rings. The summed E-state index contributed by atoms with van der Waals surface area (Å²) in [5, 5.41) is 0. The molecule has 0 aliphatic rings. The second-order valence-electron chi connectivity index (χ2n) is 2.77. The molecule has 1 rings (SSSR count). The number of carbonyl (C=O) groups excluding carboxylic acids is 2. The summed E-state index contributed by atoms with van der Waals surface area (Å²) in [6.45, 7) is 1.96. The van der Waals surface area contributed by atoms with Crippen LogP contribution in [0.5, 0.6) is 0 Å². The first-order valence-corrected chi connectivity index (χ1v) is 5.24. The third-order valence-electron chi connectivity index (χ3n) is 1.66. The Balaban J connectivity index is 2.61. The van der Waals surface area contributed by atoms with Crippen LogP contribution < -0.4 is 0 Å². The maximum Gasteiger partial charge on any atom is 0.318 e. The van der Waals surface area contributed by atoms with Crippen molar-refractivity contribution in [3.05, 3.63) is 40.7 Å². The van der Waals surface area contributed by atoms with Gasteiger partial charge in [0.05, 0.1) is 6.61 Å². The number of esters is 1. The number of carbonyl (C=O) groups is 2. The fourth-order valence-electron chi connectivity index (χ4n) is 0.988. The molecule has 0 amide bonds. The van der Waals surface area contributed by atoms with Crippen LogP contribution in [0.25, 0.3) is 0 Å². The Labute approximate surface area is 96.6 Å². The maximum atomic E-state index is 11.5. The molecule has 0 spiro atoms. The molecule has 15 heavy (non-hydrogen) atoms. The van der Waals surface area contributed by atoms with Gasteiger partial charge in [-0.2, -0.15) is 0 Å². The van der Waals surface area contributed by atoms with Crippen LogP contribution in [0.1, 0.15) is 17.3 Å². The standard InChI is InChI=1S/C11H10BrO3/c1-2-15-11(14)7-10(13)8-3-5-9(12)6-4-8/h3-7H,2H2,1H3. The summed E-state index contributed by atoms with van der Waals surface area (Å²) in [4.78, 5) is 22.5. The Morgan fingerprint density at radius 3 is 2.47 bits per heavy atom. The van der Waals surface area contributed by atoms with Crippen LogP contribution in [-0.4, -0.2) is 18.4 Å². The van der Waals surface area contributed by atoms with E-state index in [9.17, 15) is 9.59 Å². The molecule has 0 aromatic heterocycles. The molecule has 0 bridgehead atoms. The lowest BCUT2D eigenvalue weighted by Gasteiger charge is -2.01. The quantitative estimate of drug-likeness (QED) is 0.479. The Hall–Kier alpha value is -1.16. The highest BCUT2D eigenvalue weighted by molar-refractivity contribution is 9.10. The van der Waals surface area contributed by atoms with E-state index >= 15 is 0 Å². The van der Waals surface area contributed by atoms with Crippen molar-refractivity contribution in [1.82, 2.24) is 0 Å². The first-order chi connectivity index (χ1) is 7.13. The van der Waals surface area contributed by atoms with E-state index in [0.29, 0.717) is 5.56 Å². The van der Waals surface area contributed by atoms with Gasteiger partial charge in [0.1, 0.15) is 6.42 Å². The zero-order chi connectivity index (χ0) is 11.3. The molecule has 4 heteroatoms. The van der Waals surface area contributed by atoms with Crippen molar-refractivity contribution < 1.29 is 14.3 Å². The Morgan fingerprint density at radius 1 is 1.33 bits per heavy atom. The fraction of sp³-hybridized carbons (Fsp3) is 0.182. The Kier molecular flexibility index (Phi) is 4.49. The van der Waals surface area contributed by atoms with Gasteiger partial charge in [0.2, 0.25) is 0 Å². The van der Waals surface area contributed by atoms with Crippen LogP contribution in [0.4, 0.5) is 0 Å². The van der Waals surface area contributed by atoms with Crippen molar-refractivity contribution >= 4 is 27.7 Å². The third kappa shape index (κ3) is 3.83. The molecular weight excluding hydrogens is 260 g/mol. The zero-order valence-corrected chi connectivity index (χ0v) is 9.78. The first kappa shape index (κ1) is 11.9. The molecule has 0 aliphatic heterocycles. The summed E-state index contributed by atoms with van der Waals surface area (Å²) in [7, 11) is 0. The molecule has 0 N–H and O–H groups in total. The van der Waals surface area contributed by atoms with E-state index in [0.717, 1.165) is 10.9 Å². The van der Waals surface area contributed by atoms with Crippen molar-refractivity contribution in [2.45, 2.75) is 6.92 Å². The number of Topliss-reactive ketones (excluding diaryl/α,β-unsaturated/α-hetero) is 1. The van der Waals surface area contributed by atoms with Crippen molar-refractivity contribution in [3.63, 3.8) is 0 Å². The lowest BCUT2D eigenvalue weighted by Crippen LogP contribution is -2.12. The van der Waals surface area contributed by atoms with Gasteiger partial charge < -0.3 is 4.74 Å². The van der Waals surface area contributed by atoms with Gasteiger partial charge >= 0.3 is 5.97 Å². The van der Waals surface area contributed by atoms with Crippen LogP contribution >= 0.6 is 15.9 Å². The van der Waals surface area contributed by atoms with Gasteiger partial charge in [-0.3, -0.25) is 9.59 Å². The highest BCUT2D eigenvalue weighted by Gasteiger charge is 2.12. The topological polar surface area (TPSA) is 43.4 Å². The van der Waals surface area contributed by atoms with E-state index in [2.05, 4.69) is 20.7 Å². The van der Waals surface area contributed by atoms with E-state index in [4.69, 9.17) is 0 Å². The van der Waals surface area contributed by atoms with Crippen LogP contribution in [0, 0.1) is 6.42 Å². The molecule has 1 aromatic carbocycles. The molecule has 0 aliphatic carbocycles. The van der Waals surface area contributed by atoms with E-state index in [1.165, 1.54) is 0 Å². The minimum absolute atomic E-state index is 0.267. The summed E-state index contributed by atoms with van der Waals surface area (Å²) in [6.07, 6.45) is 0.951. The molecule has 3 nitrogen and oxygen atoms in total. The summed E-state index contributed by atoms with van der Waals surface area (Å²) in [5.74, 6) is -0.952. The van der Waals surface area contributed by atoms with Gasteiger partial charge in [-0.15, -0.1) is 0 Å². The number of ketones is 1. The normalized spacial score (nSPS) is 9.73. The van der Waals surface area contributed by atoms with Crippen molar-refractivity contribution in [1.29, 1.82) is 0 Å². The van der Waals surface area contributed by atoms with Crippen LogP contribution in [0.2, 0.25) is 0 Å². The summed E-state index contributed by atoms with van der Waals surface area (Å²) < 4.78 is 5.52. The van der Waals surface area contributed by atoms with Crippen molar-refractivity contribution in [2.75, 3.05) is 6.61 Å². The molecular formula is C11H10BrO3. The average Bonchev–Trinajstić information content (AvgIpc) is 2.18. The number of hydrogen-bond acceptors (Lipinski definition) is 3. The molecule has 0 unspecified atom stereocenters. The largest absolute Gasteiger partial charge is 0.465 e. The third-order valence-corrected chi connectivity index (χ3v) is 2.19. The van der Waals surface area contributed by atoms with Gasteiger partial charge in [0.25, 0.3) is 0 Å². The van der Waals surface area contributed by atoms with E-state index in [1.54, 1.807) is 31.2 Å². The monoisotopic (exact) mass is 269 g/mol. The number of halogens is 1. The molecule has 0 atom stereocenters. The van der Waals surface area contributed by atoms with Crippen molar-refractivity contribution in [3.8, 4) is 0 Å². The lowest BCUT2D eigenvalue weighted by atomic mass is 10.1. The summed E-state index contributed by atoms with van der Waals surface area (Å²) >= 11 is 3.26. The summed E-state index contributed by atoms with van der Waals surface area (Å²) in [6, 6.07) is 6.77. The second-order valence-corrected chi connectivity index (χ2v) is 3.68. The first-order valence-electron chi connectivity index (χ1n) is 4.45. The van der Waals surface area contributed by atoms with Gasteiger partial charge in [0, 0.05) is 10.0 Å². The van der Waals surface area contributed by atoms with Crippen LogP contribution in [0.3, 0.4) is 0 Å². The predicted octanol–water partition coefficient (Wildman–Crippen LogP) is 2.40. The molecule has 0 saturated carbocycles. The van der Waals surface area contributed by atoms with Crippen LogP contribution in [0.15, 0.2) is 28.7 Å². The zero-order valence-electron chi connectivity index (χ0n) is 8.20. The second kappa shape index (κ2) is 5.66. The average molecular weight is 270 g/mol. The van der Waals surface area contributed by atoms with E-state index in [1.807, 2.05) is 0 Å². The molecule has 79 valence electrons. The van der Waals surface area contributed by atoms with Gasteiger partial charge in [-0.25, -0.2) is 0 Å². The number of ether oxygens (including phenoxy) is 1. The molecule has 0 heterocycles. The number of rotatable bonds is 4. The van der Waals surface area contributed by atoms with Gasteiger partial charge in [-0.05, 0) is 19.1 Å². The highest BCUT2D eigenvalue weighted by Crippen LogP contribution is 2.11. The summed E-state index contributed by atoms with van der Waals surface area (Å²) in [5.41, 5.74) is 0.464. The van der Waals surface area contributed by atoms with E-state index < -0.39 is 5.97 Å². The Morgan fingerprint density at radius 2 is 1.93 bits per heavy atom. The van der Waals surface area contributed by atoms with Gasteiger partial charge in [0.15, 0.2) is 5.78 Å². The molecule has 0 saturated heterocycles. The fourth-order valence-corrected chi connectivity index (χ4v) is 1.25. The Bertz CT molecular complexity index is 357. The minimum Gasteiger partial charge on any atom is -0.465 e. The smallest absolute Gasteiger partial charge is 0.318 e. The predicted molar refractivity (Wildman–Crippen MR) is 59.4 cm³/mol. The number of hydrogen-bond donors (Lipinski definition) is 0. The lowest BCUT2D eigenvalue weighted by molar-refractivity contribution is -0.138. The molecule has 0 fully saturated rings. The number of benzene rings is 1. The maximum absolute atomic E-state index is 11.5.